The number of aromatic nitrogens is 2. The number of benzene rings is 2. The number of aromatic amines is 1. The number of aryl methyl sites for hydroxylation is 1. The molecule has 0 spiro atoms. The summed E-state index contributed by atoms with van der Waals surface area (Å²) in [6.07, 6.45) is 1.49. The highest BCUT2D eigenvalue weighted by atomic mass is 35.5. The first kappa shape index (κ1) is 29.9. The van der Waals surface area contributed by atoms with Crippen LogP contribution in [0.25, 0.3) is 22.0 Å². The Morgan fingerprint density at radius 1 is 1.07 bits per heavy atom. The molecule has 0 saturated heterocycles. The number of hydrogen-bond donors (Lipinski definition) is 2. The van der Waals surface area contributed by atoms with E-state index >= 15 is 0 Å². The fraction of sp³-hybridized carbons (Fsp3) is 0.200. The number of hydrogen-bond acceptors (Lipinski definition) is 8. The number of H-pyrrole nitrogens is 1. The van der Waals surface area contributed by atoms with Gasteiger partial charge in [-0.1, -0.05) is 17.7 Å². The Morgan fingerprint density at radius 2 is 1.86 bits per heavy atom. The minimum Gasteiger partial charge on any atom is -0.495 e. The van der Waals surface area contributed by atoms with Crippen molar-refractivity contribution in [3.8, 4) is 16.9 Å². The molecule has 11 nitrogen and oxygen atoms in total. The Hall–Kier alpha value is -5.03. The van der Waals surface area contributed by atoms with Crippen molar-refractivity contribution in [1.29, 1.82) is 0 Å². The molecule has 0 radical (unpaired) electrons. The SMILES string of the molecule is CO/C(COC(=O)c1cc2cc(NC(=O)Cn3cc(OC)c(-c4cc(Cl)ccc4C)cc3=O)ccc2[nH]1)=C(/C)OC=O. The molecule has 218 valence electrons. The molecule has 0 aliphatic rings. The summed E-state index contributed by atoms with van der Waals surface area (Å²) in [5.74, 6) is -0.324. The van der Waals surface area contributed by atoms with E-state index in [0.717, 1.165) is 11.1 Å². The fourth-order valence-electron chi connectivity index (χ4n) is 4.26. The van der Waals surface area contributed by atoms with Crippen LogP contribution in [0.4, 0.5) is 5.69 Å². The summed E-state index contributed by atoms with van der Waals surface area (Å²) in [5, 5.41) is 3.94. The first-order chi connectivity index (χ1) is 20.1. The molecule has 0 atom stereocenters. The number of pyridine rings is 1. The molecule has 2 aromatic heterocycles. The number of amides is 1. The summed E-state index contributed by atoms with van der Waals surface area (Å²) >= 11 is 6.16. The molecule has 1 amide bonds. The van der Waals surface area contributed by atoms with Gasteiger partial charge in [-0.05, 0) is 61.4 Å². The van der Waals surface area contributed by atoms with Crippen LogP contribution in [0.3, 0.4) is 0 Å². The van der Waals surface area contributed by atoms with Gasteiger partial charge in [0.25, 0.3) is 12.0 Å². The van der Waals surface area contributed by atoms with E-state index in [2.05, 4.69) is 10.3 Å². The summed E-state index contributed by atoms with van der Waals surface area (Å²) in [6, 6.07) is 13.4. The van der Waals surface area contributed by atoms with E-state index in [0.29, 0.717) is 32.9 Å². The van der Waals surface area contributed by atoms with E-state index in [1.165, 1.54) is 38.0 Å². The lowest BCUT2D eigenvalue weighted by atomic mass is 10.0. The van der Waals surface area contributed by atoms with Crippen LogP contribution in [0.15, 0.2) is 71.0 Å². The number of rotatable bonds is 11. The van der Waals surface area contributed by atoms with Gasteiger partial charge in [-0.25, -0.2) is 4.79 Å². The van der Waals surface area contributed by atoms with Gasteiger partial charge in [0.05, 0.1) is 20.4 Å². The smallest absolute Gasteiger partial charge is 0.355 e. The number of esters is 1. The maximum atomic E-state index is 12.9. The van der Waals surface area contributed by atoms with Gasteiger partial charge in [0.1, 0.15) is 23.7 Å². The topological polar surface area (TPSA) is 138 Å². The first-order valence-corrected chi connectivity index (χ1v) is 13.0. The van der Waals surface area contributed by atoms with Crippen LogP contribution < -0.4 is 15.6 Å². The summed E-state index contributed by atoms with van der Waals surface area (Å²) in [6.45, 7) is 3.16. The molecule has 2 heterocycles. The number of carbonyl (C=O) groups is 3. The maximum Gasteiger partial charge on any atom is 0.355 e. The monoisotopic (exact) mass is 593 g/mol. The Labute approximate surface area is 245 Å². The van der Waals surface area contributed by atoms with Crippen molar-refractivity contribution in [2.75, 3.05) is 26.1 Å². The highest BCUT2D eigenvalue weighted by Gasteiger charge is 2.16. The van der Waals surface area contributed by atoms with Gasteiger partial charge >= 0.3 is 5.97 Å². The van der Waals surface area contributed by atoms with Crippen LogP contribution in [0.2, 0.25) is 5.02 Å². The van der Waals surface area contributed by atoms with Gasteiger partial charge in [-0.3, -0.25) is 14.4 Å². The third kappa shape index (κ3) is 6.81. The Morgan fingerprint density at radius 3 is 2.57 bits per heavy atom. The minimum atomic E-state index is -0.657. The number of carbonyl (C=O) groups excluding carboxylic acids is 3. The third-order valence-corrected chi connectivity index (χ3v) is 6.67. The third-order valence-electron chi connectivity index (χ3n) is 6.44. The molecule has 0 aliphatic carbocycles. The number of fused-ring (bicyclic) bond motifs is 1. The number of halogens is 1. The highest BCUT2D eigenvalue weighted by Crippen LogP contribution is 2.32. The van der Waals surface area contributed by atoms with Crippen LogP contribution in [-0.2, 0) is 30.3 Å². The van der Waals surface area contributed by atoms with E-state index in [-0.39, 0.29) is 42.4 Å². The predicted octanol–water partition coefficient (Wildman–Crippen LogP) is 4.81. The zero-order valence-corrected chi connectivity index (χ0v) is 24.0. The van der Waals surface area contributed by atoms with Crippen molar-refractivity contribution < 1.29 is 33.3 Å². The number of anilines is 1. The number of nitrogens with one attached hydrogen (secondary N) is 2. The lowest BCUT2D eigenvalue weighted by Gasteiger charge is -2.14. The van der Waals surface area contributed by atoms with Crippen LogP contribution in [0, 0.1) is 6.92 Å². The fourth-order valence-corrected chi connectivity index (χ4v) is 4.43. The Bertz CT molecular complexity index is 1760. The molecule has 0 fully saturated rings. The zero-order chi connectivity index (χ0) is 30.4. The molecule has 2 aromatic carbocycles. The zero-order valence-electron chi connectivity index (χ0n) is 23.3. The molecule has 0 unspecified atom stereocenters. The number of methoxy groups -OCH3 is 2. The number of allylic oxidation sites excluding steroid dienone is 1. The van der Waals surface area contributed by atoms with E-state index in [9.17, 15) is 19.2 Å². The molecular formula is C30H28ClN3O8. The number of nitrogens with zero attached hydrogens (tertiary/aromatic N) is 1. The second-order valence-electron chi connectivity index (χ2n) is 9.19. The van der Waals surface area contributed by atoms with Gasteiger partial charge in [-0.2, -0.15) is 0 Å². The van der Waals surface area contributed by atoms with Crippen molar-refractivity contribution in [3.05, 3.63) is 92.9 Å². The second-order valence-corrected chi connectivity index (χ2v) is 9.62. The molecular weight excluding hydrogens is 566 g/mol. The van der Waals surface area contributed by atoms with Crippen molar-refractivity contribution in [3.63, 3.8) is 0 Å². The summed E-state index contributed by atoms with van der Waals surface area (Å²) in [7, 11) is 2.85. The van der Waals surface area contributed by atoms with Crippen molar-refractivity contribution in [2.24, 2.45) is 0 Å². The van der Waals surface area contributed by atoms with E-state index in [1.54, 1.807) is 36.4 Å². The Balaban J connectivity index is 1.47. The average Bonchev–Trinajstić information content (AvgIpc) is 3.39. The van der Waals surface area contributed by atoms with Crippen molar-refractivity contribution >= 4 is 46.5 Å². The molecule has 4 rings (SSSR count). The summed E-state index contributed by atoms with van der Waals surface area (Å²) in [4.78, 5) is 51.8. The van der Waals surface area contributed by atoms with Crippen LogP contribution in [-0.4, -0.2) is 48.7 Å². The molecule has 12 heteroatoms. The summed E-state index contributed by atoms with van der Waals surface area (Å²) < 4.78 is 21.8. The van der Waals surface area contributed by atoms with E-state index in [1.807, 2.05) is 13.0 Å². The average molecular weight is 594 g/mol. The number of ether oxygens (including phenoxy) is 4. The van der Waals surface area contributed by atoms with Crippen molar-refractivity contribution in [1.82, 2.24) is 9.55 Å². The quantitative estimate of drug-likeness (QED) is 0.143. The van der Waals surface area contributed by atoms with Crippen LogP contribution in [0.5, 0.6) is 5.75 Å². The lowest BCUT2D eigenvalue weighted by molar-refractivity contribution is -0.125. The lowest BCUT2D eigenvalue weighted by Crippen LogP contribution is -2.27. The van der Waals surface area contributed by atoms with E-state index in [4.69, 9.17) is 30.5 Å². The highest BCUT2D eigenvalue weighted by molar-refractivity contribution is 6.30. The van der Waals surface area contributed by atoms with Gasteiger partial charge in [0.2, 0.25) is 5.91 Å². The first-order valence-electron chi connectivity index (χ1n) is 12.6. The predicted molar refractivity (Wildman–Crippen MR) is 157 cm³/mol. The molecule has 0 saturated carbocycles. The normalized spacial score (nSPS) is 11.5. The molecule has 2 N–H and O–H groups in total. The van der Waals surface area contributed by atoms with Gasteiger partial charge in [0, 0.05) is 33.2 Å². The summed E-state index contributed by atoms with van der Waals surface area (Å²) in [5.41, 5.74) is 3.13. The largest absolute Gasteiger partial charge is 0.495 e. The van der Waals surface area contributed by atoms with Gasteiger partial charge in [-0.15, -0.1) is 0 Å². The van der Waals surface area contributed by atoms with E-state index < -0.39 is 11.9 Å². The molecule has 0 aliphatic heterocycles. The molecule has 0 bridgehead atoms. The van der Waals surface area contributed by atoms with Crippen LogP contribution in [0.1, 0.15) is 23.0 Å². The van der Waals surface area contributed by atoms with Crippen molar-refractivity contribution in [2.45, 2.75) is 20.4 Å². The molecule has 4 aromatic rings. The van der Waals surface area contributed by atoms with Gasteiger partial charge in [0.15, 0.2) is 12.4 Å². The second kappa shape index (κ2) is 13.1. The minimum absolute atomic E-state index is 0.171. The maximum absolute atomic E-state index is 12.9. The molecule has 42 heavy (non-hydrogen) atoms. The standard InChI is InChI=1S/C30H28ClN3O8/c1-17-5-6-20(31)11-22(17)23-12-29(37)34(13-26(23)39-3)14-28(36)32-21-7-8-24-19(9-21)10-25(33-24)30(38)41-15-27(40-4)18(2)42-16-35/h5-13,16,33H,14-15H2,1-4H3,(H,32,36)/b27-18-. The Kier molecular flexibility index (Phi) is 9.33. The van der Waals surface area contributed by atoms with Gasteiger partial charge < -0.3 is 33.8 Å². The van der Waals surface area contributed by atoms with Crippen LogP contribution >= 0.6 is 11.6 Å².